The Balaban J connectivity index is 1.24. The average molecular weight is 640 g/mol. The SMILES string of the molecule is COc1cc(-c2c(C)cccc2C)nc(NS(=O)(=O)c2cccc(C(=O)N(F)C3CC4(CCN(CCOC(C)C)CC4)C3)c2)n1. The Hall–Kier alpha value is -3.61. The van der Waals surface area contributed by atoms with Crippen LogP contribution in [-0.4, -0.2) is 79.8 Å². The first-order valence-electron chi connectivity index (χ1n) is 15.4. The van der Waals surface area contributed by atoms with Crippen LogP contribution in [0.3, 0.4) is 0 Å². The zero-order chi connectivity index (χ0) is 32.4. The molecule has 1 N–H and O–H groups in total. The molecule has 45 heavy (non-hydrogen) atoms. The smallest absolute Gasteiger partial charge is 0.281 e. The van der Waals surface area contributed by atoms with Gasteiger partial charge in [0.1, 0.15) is 0 Å². The Morgan fingerprint density at radius 2 is 1.76 bits per heavy atom. The third-order valence-corrected chi connectivity index (χ3v) is 10.2. The second kappa shape index (κ2) is 13.4. The number of ether oxygens (including phenoxy) is 2. The van der Waals surface area contributed by atoms with Gasteiger partial charge < -0.3 is 14.4 Å². The molecule has 2 heterocycles. The van der Waals surface area contributed by atoms with Gasteiger partial charge in [-0.15, -0.1) is 0 Å². The van der Waals surface area contributed by atoms with Crippen LogP contribution >= 0.6 is 0 Å². The number of piperidine rings is 1. The van der Waals surface area contributed by atoms with Crippen molar-refractivity contribution >= 4 is 21.9 Å². The van der Waals surface area contributed by atoms with Crippen LogP contribution in [0.4, 0.5) is 10.4 Å². The van der Waals surface area contributed by atoms with Crippen molar-refractivity contribution in [2.24, 2.45) is 5.41 Å². The maximum Gasteiger partial charge on any atom is 0.281 e. The Labute approximate surface area is 264 Å². The first-order valence-corrected chi connectivity index (χ1v) is 16.8. The second-order valence-corrected chi connectivity index (χ2v) is 14.1. The molecule has 242 valence electrons. The fourth-order valence-electron chi connectivity index (χ4n) is 6.36. The molecule has 10 nitrogen and oxygen atoms in total. The average Bonchev–Trinajstić information content (AvgIpc) is 2.99. The third-order valence-electron chi connectivity index (χ3n) is 8.89. The summed E-state index contributed by atoms with van der Waals surface area (Å²) in [6, 6.07) is 12.3. The molecule has 1 saturated heterocycles. The number of carbonyl (C=O) groups is 1. The predicted octanol–water partition coefficient (Wildman–Crippen LogP) is 5.57. The molecule has 0 atom stereocenters. The number of likely N-dealkylation sites (tertiary alicyclic amines) is 1. The second-order valence-electron chi connectivity index (χ2n) is 12.5. The molecule has 12 heteroatoms. The predicted molar refractivity (Wildman–Crippen MR) is 170 cm³/mol. The van der Waals surface area contributed by atoms with Gasteiger partial charge in [0.15, 0.2) is 0 Å². The molecule has 1 amide bonds. The number of carbonyl (C=O) groups excluding carboxylic acids is 1. The minimum atomic E-state index is -4.23. The molecule has 1 spiro atoms. The monoisotopic (exact) mass is 639 g/mol. The largest absolute Gasteiger partial charge is 0.481 e. The van der Waals surface area contributed by atoms with Gasteiger partial charge in [-0.1, -0.05) is 28.7 Å². The summed E-state index contributed by atoms with van der Waals surface area (Å²) in [5.41, 5.74) is 3.25. The van der Waals surface area contributed by atoms with Gasteiger partial charge in [-0.2, -0.15) is 10.1 Å². The van der Waals surface area contributed by atoms with Crippen molar-refractivity contribution in [2.45, 2.75) is 70.4 Å². The molecular formula is C33H42FN5O5S. The number of sulfonamides is 1. The zero-order valence-electron chi connectivity index (χ0n) is 26.5. The highest BCUT2D eigenvalue weighted by Gasteiger charge is 2.49. The van der Waals surface area contributed by atoms with Crippen molar-refractivity contribution < 1.29 is 27.2 Å². The molecule has 2 aromatic carbocycles. The summed E-state index contributed by atoms with van der Waals surface area (Å²) in [4.78, 5) is 23.9. The van der Waals surface area contributed by atoms with Crippen LogP contribution in [0.15, 0.2) is 53.4 Å². The number of benzene rings is 2. The molecule has 5 rings (SSSR count). The Morgan fingerprint density at radius 1 is 1.09 bits per heavy atom. The minimum absolute atomic E-state index is 0.0478. The number of amides is 1. The molecule has 2 aliphatic rings. The fraction of sp³-hybridized carbons (Fsp3) is 0.485. The molecule has 1 aromatic heterocycles. The van der Waals surface area contributed by atoms with Gasteiger partial charge in [0.05, 0.1) is 36.5 Å². The van der Waals surface area contributed by atoms with Crippen LogP contribution in [0.2, 0.25) is 0 Å². The lowest BCUT2D eigenvalue weighted by Crippen LogP contribution is -2.54. The van der Waals surface area contributed by atoms with E-state index in [4.69, 9.17) is 9.47 Å². The number of halogens is 1. The van der Waals surface area contributed by atoms with Gasteiger partial charge in [-0.05, 0) is 101 Å². The highest BCUT2D eigenvalue weighted by atomic mass is 32.2. The number of nitrogens with zero attached hydrogens (tertiary/aromatic N) is 4. The van der Waals surface area contributed by atoms with Gasteiger partial charge in [0, 0.05) is 23.7 Å². The van der Waals surface area contributed by atoms with E-state index in [1.807, 2.05) is 45.9 Å². The van der Waals surface area contributed by atoms with Crippen LogP contribution < -0.4 is 9.46 Å². The number of aryl methyl sites for hydroxylation is 2. The van der Waals surface area contributed by atoms with E-state index in [-0.39, 0.29) is 38.9 Å². The van der Waals surface area contributed by atoms with Crippen LogP contribution in [0.5, 0.6) is 5.88 Å². The lowest BCUT2D eigenvalue weighted by molar-refractivity contribution is -0.0977. The van der Waals surface area contributed by atoms with Gasteiger partial charge in [0.2, 0.25) is 11.8 Å². The van der Waals surface area contributed by atoms with Gasteiger partial charge in [-0.3, -0.25) is 4.79 Å². The molecule has 0 bridgehead atoms. The molecular weight excluding hydrogens is 597 g/mol. The lowest BCUT2D eigenvalue weighted by Gasteiger charge is -2.53. The maximum absolute atomic E-state index is 15.4. The van der Waals surface area contributed by atoms with Crippen LogP contribution in [0.25, 0.3) is 11.3 Å². The summed E-state index contributed by atoms with van der Waals surface area (Å²) < 4.78 is 55.5. The number of aromatic nitrogens is 2. The lowest BCUT2D eigenvalue weighted by atomic mass is 9.60. The summed E-state index contributed by atoms with van der Waals surface area (Å²) in [5, 5.41) is 0.273. The minimum Gasteiger partial charge on any atom is -0.481 e. The van der Waals surface area contributed by atoms with Gasteiger partial charge in [-0.25, -0.2) is 18.1 Å². The van der Waals surface area contributed by atoms with E-state index in [9.17, 15) is 13.2 Å². The van der Waals surface area contributed by atoms with Crippen LogP contribution in [0, 0.1) is 19.3 Å². The van der Waals surface area contributed by atoms with Crippen molar-refractivity contribution in [1.29, 1.82) is 0 Å². The first-order chi connectivity index (χ1) is 21.4. The molecule has 0 unspecified atom stereocenters. The Bertz CT molecular complexity index is 1610. The highest BCUT2D eigenvalue weighted by molar-refractivity contribution is 7.92. The summed E-state index contributed by atoms with van der Waals surface area (Å²) in [6.45, 7) is 11.4. The summed E-state index contributed by atoms with van der Waals surface area (Å²) in [6.07, 6.45) is 3.33. The first kappa shape index (κ1) is 32.8. The van der Waals surface area contributed by atoms with E-state index in [0.29, 0.717) is 25.1 Å². The molecule has 0 radical (unpaired) electrons. The highest BCUT2D eigenvalue weighted by Crippen LogP contribution is 2.51. The molecule has 1 aliphatic carbocycles. The van der Waals surface area contributed by atoms with E-state index >= 15 is 4.48 Å². The van der Waals surface area contributed by atoms with E-state index < -0.39 is 22.0 Å². The van der Waals surface area contributed by atoms with E-state index in [1.165, 1.54) is 31.4 Å². The summed E-state index contributed by atoms with van der Waals surface area (Å²) in [7, 11) is -2.79. The molecule has 2 fully saturated rings. The summed E-state index contributed by atoms with van der Waals surface area (Å²) >= 11 is 0. The molecule has 1 saturated carbocycles. The van der Waals surface area contributed by atoms with Gasteiger partial charge in [0.25, 0.3) is 15.9 Å². The van der Waals surface area contributed by atoms with Crippen LogP contribution in [-0.2, 0) is 14.8 Å². The maximum atomic E-state index is 15.4. The van der Waals surface area contributed by atoms with E-state index in [0.717, 1.165) is 49.2 Å². The van der Waals surface area contributed by atoms with Crippen molar-refractivity contribution in [2.75, 3.05) is 38.1 Å². The molecule has 3 aromatic rings. The van der Waals surface area contributed by atoms with Crippen molar-refractivity contribution in [3.8, 4) is 17.1 Å². The molecule has 1 aliphatic heterocycles. The topological polar surface area (TPSA) is 114 Å². The van der Waals surface area contributed by atoms with Crippen molar-refractivity contribution in [1.82, 2.24) is 20.0 Å². The van der Waals surface area contributed by atoms with Crippen molar-refractivity contribution in [3.63, 3.8) is 0 Å². The standard InChI is InChI=1S/C33H42FN5O5S/c1-22(2)44-17-16-38-14-12-33(13-15-38)20-26(21-33)39(34)31(40)25-10-7-11-27(18-25)45(41,42)37-32-35-28(19-29(36-32)43-5)30-23(3)8-6-9-24(30)4/h6-11,18-19,22,26H,12-17,20-21H2,1-5H3,(H,35,36,37). The number of nitrogens with one attached hydrogen (secondary N) is 1. The number of hydrogen-bond acceptors (Lipinski definition) is 8. The Kier molecular flexibility index (Phi) is 9.76. The quantitative estimate of drug-likeness (QED) is 0.271. The number of methoxy groups -OCH3 is 1. The summed E-state index contributed by atoms with van der Waals surface area (Å²) in [5.74, 6) is -0.860. The fourth-order valence-corrected chi connectivity index (χ4v) is 7.35. The number of hydrogen-bond donors (Lipinski definition) is 1. The van der Waals surface area contributed by atoms with Gasteiger partial charge >= 0.3 is 0 Å². The van der Waals surface area contributed by atoms with Crippen molar-refractivity contribution in [3.05, 3.63) is 65.2 Å². The van der Waals surface area contributed by atoms with E-state index in [2.05, 4.69) is 19.6 Å². The number of rotatable bonds is 11. The van der Waals surface area contributed by atoms with E-state index in [1.54, 1.807) is 6.07 Å². The third kappa shape index (κ3) is 7.45. The van der Waals surface area contributed by atoms with Crippen LogP contribution in [0.1, 0.15) is 61.0 Å². The zero-order valence-corrected chi connectivity index (χ0v) is 27.4. The Morgan fingerprint density at radius 3 is 2.40 bits per heavy atom. The number of anilines is 1. The normalized spacial score (nSPS) is 16.9.